The van der Waals surface area contributed by atoms with E-state index in [0.29, 0.717) is 12.0 Å². The van der Waals surface area contributed by atoms with Gasteiger partial charge < -0.3 is 30.0 Å². The topological polar surface area (TPSA) is 192 Å². The number of nitriles is 1. The Hall–Kier alpha value is -4.77. The highest BCUT2D eigenvalue weighted by Crippen LogP contribution is 2.47. The summed E-state index contributed by atoms with van der Waals surface area (Å²) in [6.07, 6.45) is 0.629. The summed E-state index contributed by atoms with van der Waals surface area (Å²) in [5.41, 5.74) is 6.16. The molecule has 0 radical (unpaired) electrons. The second-order valence-corrected chi connectivity index (χ2v) is 9.65. The van der Waals surface area contributed by atoms with Crippen molar-refractivity contribution >= 4 is 29.8 Å². The normalized spacial score (nSPS) is 16.0. The number of carbonyl (C=O) groups is 4. The number of benzene rings is 1. The maximum Gasteiger partial charge on any atom is 0.511 e. The highest BCUT2D eigenvalue weighted by molar-refractivity contribution is 5.99. The minimum atomic E-state index is -1.14. The second kappa shape index (κ2) is 14.7. The van der Waals surface area contributed by atoms with E-state index in [1.807, 2.05) is 6.07 Å². The molecule has 3 atom stereocenters. The van der Waals surface area contributed by atoms with E-state index < -0.39 is 48.8 Å². The lowest BCUT2D eigenvalue weighted by molar-refractivity contribution is -0.147. The van der Waals surface area contributed by atoms with Crippen molar-refractivity contribution in [1.82, 2.24) is 10.3 Å². The predicted octanol–water partition coefficient (Wildman–Crippen LogP) is 3.38. The van der Waals surface area contributed by atoms with Gasteiger partial charge in [0, 0.05) is 30.1 Å². The number of hydrogen-bond acceptors (Lipinski definition) is 11. The Morgan fingerprint density at radius 1 is 1.14 bits per heavy atom. The summed E-state index contributed by atoms with van der Waals surface area (Å²) >= 11 is 0. The molecule has 224 valence electrons. The molecule has 1 aliphatic carbocycles. The van der Waals surface area contributed by atoms with Crippen LogP contribution < -0.4 is 21.1 Å². The molecule has 0 aliphatic heterocycles. The summed E-state index contributed by atoms with van der Waals surface area (Å²) < 4.78 is 35.3. The Morgan fingerprint density at radius 3 is 2.52 bits per heavy atom. The fraction of sp³-hybridized carbons (Fsp3) is 0.429. The third-order valence-corrected chi connectivity index (χ3v) is 6.29. The van der Waals surface area contributed by atoms with Gasteiger partial charge in [-0.05, 0) is 36.6 Å². The van der Waals surface area contributed by atoms with Crippen molar-refractivity contribution in [3.8, 4) is 11.8 Å². The van der Waals surface area contributed by atoms with E-state index in [2.05, 4.69) is 15.6 Å². The number of carbonyl (C=O) groups excluding carboxylic acids is 4. The molecule has 14 heteroatoms. The highest BCUT2D eigenvalue weighted by Gasteiger charge is 2.44. The number of nitrogens with one attached hydrogen (secondary N) is 2. The Kier molecular flexibility index (Phi) is 11.1. The van der Waals surface area contributed by atoms with Gasteiger partial charge in [0.25, 0.3) is 0 Å². The molecule has 42 heavy (non-hydrogen) atoms. The summed E-state index contributed by atoms with van der Waals surface area (Å²) in [4.78, 5) is 52.7. The lowest BCUT2D eigenvalue weighted by atomic mass is 10.00. The summed E-state index contributed by atoms with van der Waals surface area (Å²) in [5.74, 6) is -2.15. The summed E-state index contributed by atoms with van der Waals surface area (Å²) in [6, 6.07) is 5.43. The van der Waals surface area contributed by atoms with Gasteiger partial charge in [-0.15, -0.1) is 0 Å². The van der Waals surface area contributed by atoms with Crippen molar-refractivity contribution in [2.75, 3.05) is 25.3 Å². The number of hydrogen-bond donors (Lipinski definition) is 3. The number of pyridine rings is 1. The number of aromatic nitrogens is 1. The fourth-order valence-electron chi connectivity index (χ4n) is 3.83. The Balaban J connectivity index is 1.58. The van der Waals surface area contributed by atoms with E-state index in [-0.39, 0.29) is 54.0 Å². The first kappa shape index (κ1) is 31.8. The van der Waals surface area contributed by atoms with Crippen LogP contribution in [0.4, 0.5) is 19.8 Å². The Bertz CT molecular complexity index is 1350. The molecule has 2 aromatic rings. The molecule has 13 nitrogen and oxygen atoms in total. The summed E-state index contributed by atoms with van der Waals surface area (Å²) in [6.45, 7) is 3.92. The average Bonchev–Trinajstić information content (AvgIpc) is 3.72. The summed E-state index contributed by atoms with van der Waals surface area (Å²) in [7, 11) is 0. The number of nitrogens with zero attached hydrogens (tertiary/aromatic N) is 2. The monoisotopic (exact) mass is 585 g/mol. The number of amides is 2. The quantitative estimate of drug-likeness (QED) is 0.135. The molecule has 1 saturated carbocycles. The van der Waals surface area contributed by atoms with Crippen molar-refractivity contribution in [2.24, 2.45) is 11.7 Å². The molecule has 0 bridgehead atoms. The minimum Gasteiger partial charge on any atom is -0.461 e. The third kappa shape index (κ3) is 8.61. The Morgan fingerprint density at radius 2 is 1.88 bits per heavy atom. The van der Waals surface area contributed by atoms with Crippen LogP contribution in [0.15, 0.2) is 30.5 Å². The van der Waals surface area contributed by atoms with Crippen molar-refractivity contribution < 1.29 is 42.5 Å². The number of esters is 1. The molecule has 2 amide bonds. The molecule has 1 heterocycles. The standard InChI is InChI=1S/C28H32FN5O8/c1-4-21(35)17-6-7-19(29)23(18-11-20(18)33-27(37)34-22-8-5-16(12-30)13-32-22)25(17)41-14-42-28(38)40-10-9-39-26(36)24(31)15(2)3/h5-8,13,15,18,20,24H,4,9-11,14,31H2,1-3H3,(H2,32,33,34,37)/t18?,20?,24-/m0/s1. The zero-order chi connectivity index (χ0) is 30.8. The number of urea groups is 1. The lowest BCUT2D eigenvalue weighted by Crippen LogP contribution is -2.37. The molecule has 1 aromatic carbocycles. The SMILES string of the molecule is CCC(=O)c1ccc(F)c(C2CC2NC(=O)Nc2ccc(C#N)cn2)c1OCOC(=O)OCCOC(=O)[C@@H](N)C(C)C. The first-order valence-electron chi connectivity index (χ1n) is 13.2. The van der Waals surface area contributed by atoms with E-state index >= 15 is 4.39 Å². The van der Waals surface area contributed by atoms with Crippen molar-refractivity contribution in [3.05, 3.63) is 53.0 Å². The molecular weight excluding hydrogens is 553 g/mol. The maximum absolute atomic E-state index is 15.0. The van der Waals surface area contributed by atoms with E-state index in [1.54, 1.807) is 20.8 Å². The Labute approximate surface area is 241 Å². The fourth-order valence-corrected chi connectivity index (χ4v) is 3.83. The third-order valence-electron chi connectivity index (χ3n) is 6.29. The largest absolute Gasteiger partial charge is 0.511 e. The second-order valence-electron chi connectivity index (χ2n) is 9.65. The van der Waals surface area contributed by atoms with E-state index in [0.717, 1.165) is 6.07 Å². The van der Waals surface area contributed by atoms with Crippen LogP contribution in [0.3, 0.4) is 0 Å². The number of halogens is 1. The van der Waals surface area contributed by atoms with Gasteiger partial charge in [0.05, 0.1) is 11.1 Å². The number of ether oxygens (including phenoxy) is 4. The molecule has 0 saturated heterocycles. The first-order valence-corrected chi connectivity index (χ1v) is 13.2. The maximum atomic E-state index is 15.0. The molecule has 1 aliphatic rings. The molecule has 2 unspecified atom stereocenters. The van der Waals surface area contributed by atoms with Gasteiger partial charge in [0.2, 0.25) is 6.79 Å². The zero-order valence-corrected chi connectivity index (χ0v) is 23.3. The lowest BCUT2D eigenvalue weighted by Gasteiger charge is -2.17. The van der Waals surface area contributed by atoms with Gasteiger partial charge in [0.1, 0.15) is 42.7 Å². The molecule has 0 spiro atoms. The van der Waals surface area contributed by atoms with E-state index in [1.165, 1.54) is 24.4 Å². The average molecular weight is 586 g/mol. The molecule has 3 rings (SSSR count). The van der Waals surface area contributed by atoms with Gasteiger partial charge >= 0.3 is 18.2 Å². The number of ketones is 1. The van der Waals surface area contributed by atoms with Gasteiger partial charge in [-0.25, -0.2) is 19.0 Å². The first-order chi connectivity index (χ1) is 20.0. The van der Waals surface area contributed by atoms with Crippen molar-refractivity contribution in [2.45, 2.75) is 51.6 Å². The van der Waals surface area contributed by atoms with Crippen molar-refractivity contribution in [1.29, 1.82) is 5.26 Å². The molecule has 4 N–H and O–H groups in total. The highest BCUT2D eigenvalue weighted by atomic mass is 19.1. The number of rotatable bonds is 13. The van der Waals surface area contributed by atoms with E-state index in [9.17, 15) is 19.2 Å². The van der Waals surface area contributed by atoms with Gasteiger partial charge in [0.15, 0.2) is 5.78 Å². The molecular formula is C28H32FN5O8. The van der Waals surface area contributed by atoms with Crippen LogP contribution in [-0.4, -0.2) is 61.0 Å². The van der Waals surface area contributed by atoms with Crippen LogP contribution in [0.5, 0.6) is 5.75 Å². The number of nitrogens with two attached hydrogens (primary N) is 1. The smallest absolute Gasteiger partial charge is 0.461 e. The van der Waals surface area contributed by atoms with Crippen LogP contribution in [0.25, 0.3) is 0 Å². The van der Waals surface area contributed by atoms with E-state index in [4.69, 9.17) is 29.9 Å². The van der Waals surface area contributed by atoms with Gasteiger partial charge in [-0.2, -0.15) is 5.26 Å². The van der Waals surface area contributed by atoms with Crippen LogP contribution in [0.2, 0.25) is 0 Å². The van der Waals surface area contributed by atoms with Gasteiger partial charge in [-0.3, -0.25) is 14.9 Å². The molecule has 1 aromatic heterocycles. The van der Waals surface area contributed by atoms with Crippen LogP contribution in [-0.2, 0) is 19.0 Å². The van der Waals surface area contributed by atoms with Gasteiger partial charge in [-0.1, -0.05) is 20.8 Å². The predicted molar refractivity (Wildman–Crippen MR) is 145 cm³/mol. The molecule has 1 fully saturated rings. The van der Waals surface area contributed by atoms with Crippen LogP contribution >= 0.6 is 0 Å². The zero-order valence-electron chi connectivity index (χ0n) is 23.3. The van der Waals surface area contributed by atoms with Crippen LogP contribution in [0, 0.1) is 23.1 Å². The number of anilines is 1. The minimum absolute atomic E-state index is 0.0569. The number of Topliss-reactive ketones (excluding diaryl/α,β-unsaturated/α-hetero) is 1. The van der Waals surface area contributed by atoms with Crippen LogP contribution in [0.1, 0.15) is 61.0 Å². The van der Waals surface area contributed by atoms with Crippen molar-refractivity contribution in [3.63, 3.8) is 0 Å². The summed E-state index contributed by atoms with van der Waals surface area (Å²) in [5, 5.41) is 14.1.